The molecule has 0 atom stereocenters. The lowest BCUT2D eigenvalue weighted by Gasteiger charge is -2.03. The van der Waals surface area contributed by atoms with E-state index in [9.17, 15) is 9.59 Å². The molecule has 1 amide bonds. The molecular weight excluding hydrogens is 176 g/mol. The number of carbonyl (C=O) groups is 1. The zero-order valence-electron chi connectivity index (χ0n) is 6.81. The van der Waals surface area contributed by atoms with E-state index in [0.29, 0.717) is 0 Å². The van der Waals surface area contributed by atoms with E-state index >= 15 is 0 Å². The highest BCUT2D eigenvalue weighted by Gasteiger charge is 2.04. The first-order valence-corrected chi connectivity index (χ1v) is 3.34. The lowest BCUT2D eigenvalue weighted by Crippen LogP contribution is -2.22. The van der Waals surface area contributed by atoms with Gasteiger partial charge in [0.2, 0.25) is 5.95 Å². The Morgan fingerprint density at radius 3 is 2.85 bits per heavy atom. The van der Waals surface area contributed by atoms with Crippen LogP contribution in [0.25, 0.3) is 0 Å². The molecule has 0 fully saturated rings. The van der Waals surface area contributed by atoms with Gasteiger partial charge in [0.1, 0.15) is 5.82 Å². The minimum atomic E-state index is -1.29. The number of anilines is 2. The third-order valence-electron chi connectivity index (χ3n) is 1.40. The number of hydrogen-bond acceptors (Lipinski definition) is 4. The van der Waals surface area contributed by atoms with Crippen molar-refractivity contribution in [3.63, 3.8) is 0 Å². The van der Waals surface area contributed by atoms with Gasteiger partial charge in [-0.2, -0.15) is 4.98 Å². The quantitative estimate of drug-likeness (QED) is 0.542. The number of nitrogen functional groups attached to an aromatic ring is 1. The monoisotopic (exact) mass is 184 g/mol. The van der Waals surface area contributed by atoms with E-state index in [1.165, 1.54) is 7.05 Å². The van der Waals surface area contributed by atoms with Crippen molar-refractivity contribution < 1.29 is 9.90 Å². The molecule has 0 aromatic carbocycles. The highest BCUT2D eigenvalue weighted by atomic mass is 16.4. The molecule has 7 nitrogen and oxygen atoms in total. The molecule has 0 aliphatic rings. The number of nitrogens with zero attached hydrogens (tertiary/aromatic N) is 2. The molecule has 1 rings (SSSR count). The van der Waals surface area contributed by atoms with Crippen LogP contribution >= 0.6 is 0 Å². The lowest BCUT2D eigenvalue weighted by atomic mass is 10.5. The molecule has 0 aliphatic heterocycles. The maximum Gasteiger partial charge on any atom is 0.410 e. The molecule has 7 heteroatoms. The molecular formula is C6H8N4O3. The van der Waals surface area contributed by atoms with E-state index in [0.717, 1.165) is 10.6 Å². The SMILES string of the molecule is Cn1c(N)nc(NC(=O)O)cc1=O. The number of nitrogens with one attached hydrogen (secondary N) is 1. The van der Waals surface area contributed by atoms with Gasteiger partial charge in [-0.25, -0.2) is 4.79 Å². The van der Waals surface area contributed by atoms with Crippen molar-refractivity contribution in [3.05, 3.63) is 16.4 Å². The molecule has 1 heterocycles. The van der Waals surface area contributed by atoms with Gasteiger partial charge in [-0.3, -0.25) is 14.7 Å². The Bertz CT molecular complexity index is 397. The van der Waals surface area contributed by atoms with Crippen molar-refractivity contribution in [1.82, 2.24) is 9.55 Å². The maximum atomic E-state index is 11.1. The summed E-state index contributed by atoms with van der Waals surface area (Å²) in [6.45, 7) is 0. The van der Waals surface area contributed by atoms with E-state index < -0.39 is 11.7 Å². The maximum absolute atomic E-state index is 11.1. The van der Waals surface area contributed by atoms with Crippen LogP contribution in [0.2, 0.25) is 0 Å². The summed E-state index contributed by atoms with van der Waals surface area (Å²) in [4.78, 5) is 24.9. The van der Waals surface area contributed by atoms with Crippen molar-refractivity contribution in [2.75, 3.05) is 11.1 Å². The summed E-state index contributed by atoms with van der Waals surface area (Å²) in [6.07, 6.45) is -1.29. The first kappa shape index (κ1) is 9.04. The molecule has 0 saturated heterocycles. The fourth-order valence-electron chi connectivity index (χ4n) is 0.731. The van der Waals surface area contributed by atoms with Gasteiger partial charge in [0.05, 0.1) is 0 Å². The molecule has 0 radical (unpaired) electrons. The summed E-state index contributed by atoms with van der Waals surface area (Å²) in [5.74, 6) is -0.121. The van der Waals surface area contributed by atoms with Crippen LogP contribution in [0.15, 0.2) is 10.9 Å². The minimum absolute atomic E-state index is 0.0451. The third-order valence-corrected chi connectivity index (χ3v) is 1.40. The Kier molecular flexibility index (Phi) is 2.18. The molecule has 0 spiro atoms. The van der Waals surface area contributed by atoms with Gasteiger partial charge < -0.3 is 10.8 Å². The fourth-order valence-corrected chi connectivity index (χ4v) is 0.731. The second-order valence-electron chi connectivity index (χ2n) is 2.33. The van der Waals surface area contributed by atoms with Crippen molar-refractivity contribution in [3.8, 4) is 0 Å². The lowest BCUT2D eigenvalue weighted by molar-refractivity contribution is 0.209. The number of amides is 1. The summed E-state index contributed by atoms with van der Waals surface area (Å²) in [7, 11) is 1.44. The molecule has 0 aliphatic carbocycles. The Hall–Kier alpha value is -2.05. The topological polar surface area (TPSA) is 110 Å². The van der Waals surface area contributed by atoms with Crippen LogP contribution in [0.4, 0.5) is 16.6 Å². The molecule has 0 saturated carbocycles. The van der Waals surface area contributed by atoms with Crippen molar-refractivity contribution in [2.45, 2.75) is 0 Å². The van der Waals surface area contributed by atoms with Crippen LogP contribution in [-0.4, -0.2) is 20.8 Å². The second kappa shape index (κ2) is 3.13. The summed E-state index contributed by atoms with van der Waals surface area (Å²) < 4.78 is 1.10. The molecule has 4 N–H and O–H groups in total. The average molecular weight is 184 g/mol. The molecule has 70 valence electrons. The number of nitrogens with two attached hydrogens (primary N) is 1. The van der Waals surface area contributed by atoms with Crippen LogP contribution in [0.3, 0.4) is 0 Å². The van der Waals surface area contributed by atoms with Gasteiger partial charge in [-0.15, -0.1) is 0 Å². The van der Waals surface area contributed by atoms with Gasteiger partial charge in [-0.1, -0.05) is 0 Å². The van der Waals surface area contributed by atoms with Crippen LogP contribution in [0.5, 0.6) is 0 Å². The van der Waals surface area contributed by atoms with Gasteiger partial charge in [0.25, 0.3) is 5.56 Å². The zero-order chi connectivity index (χ0) is 10.0. The van der Waals surface area contributed by atoms with Crippen molar-refractivity contribution >= 4 is 17.9 Å². The predicted octanol–water partition coefficient (Wildman–Crippen LogP) is -0.548. The number of hydrogen-bond donors (Lipinski definition) is 3. The third kappa shape index (κ3) is 1.95. The van der Waals surface area contributed by atoms with Gasteiger partial charge in [0, 0.05) is 13.1 Å². The Labute approximate surface area is 72.8 Å². The smallest absolute Gasteiger partial charge is 0.410 e. The van der Waals surface area contributed by atoms with Crippen LogP contribution < -0.4 is 16.6 Å². The first-order valence-electron chi connectivity index (χ1n) is 3.34. The number of aromatic nitrogens is 2. The number of rotatable bonds is 1. The van der Waals surface area contributed by atoms with Crippen molar-refractivity contribution in [1.29, 1.82) is 0 Å². The normalized spacial score (nSPS) is 9.62. The van der Waals surface area contributed by atoms with E-state index in [2.05, 4.69) is 4.98 Å². The van der Waals surface area contributed by atoms with Crippen LogP contribution in [-0.2, 0) is 7.05 Å². The average Bonchev–Trinajstić information content (AvgIpc) is 1.98. The zero-order valence-corrected chi connectivity index (χ0v) is 6.81. The highest BCUT2D eigenvalue weighted by Crippen LogP contribution is 2.00. The van der Waals surface area contributed by atoms with E-state index in [1.807, 2.05) is 5.32 Å². The van der Waals surface area contributed by atoms with Gasteiger partial charge in [-0.05, 0) is 0 Å². The molecule has 0 unspecified atom stereocenters. The predicted molar refractivity (Wildman–Crippen MR) is 45.5 cm³/mol. The molecule has 1 aromatic heterocycles. The van der Waals surface area contributed by atoms with E-state index in [-0.39, 0.29) is 11.8 Å². The molecule has 0 bridgehead atoms. The summed E-state index contributed by atoms with van der Waals surface area (Å²) >= 11 is 0. The van der Waals surface area contributed by atoms with Crippen LogP contribution in [0, 0.1) is 0 Å². The van der Waals surface area contributed by atoms with E-state index in [1.54, 1.807) is 0 Å². The number of carboxylic acid groups (broad SMARTS) is 1. The summed E-state index contributed by atoms with van der Waals surface area (Å²) in [6, 6.07) is 1.05. The van der Waals surface area contributed by atoms with Crippen molar-refractivity contribution in [2.24, 2.45) is 7.05 Å². The highest BCUT2D eigenvalue weighted by molar-refractivity contribution is 5.81. The first-order chi connectivity index (χ1) is 6.00. The Morgan fingerprint density at radius 1 is 1.77 bits per heavy atom. The van der Waals surface area contributed by atoms with Crippen LogP contribution in [0.1, 0.15) is 0 Å². The molecule has 13 heavy (non-hydrogen) atoms. The fraction of sp³-hybridized carbons (Fsp3) is 0.167. The summed E-state index contributed by atoms with van der Waals surface area (Å²) in [5.41, 5.74) is 4.90. The van der Waals surface area contributed by atoms with Gasteiger partial charge >= 0.3 is 6.09 Å². The van der Waals surface area contributed by atoms with E-state index in [4.69, 9.17) is 10.8 Å². The summed E-state index contributed by atoms with van der Waals surface area (Å²) in [5, 5.41) is 10.2. The Morgan fingerprint density at radius 2 is 2.38 bits per heavy atom. The molecule has 1 aromatic rings. The minimum Gasteiger partial charge on any atom is -0.465 e. The Balaban J connectivity index is 3.13. The van der Waals surface area contributed by atoms with Gasteiger partial charge in [0.15, 0.2) is 0 Å². The second-order valence-corrected chi connectivity index (χ2v) is 2.33. The largest absolute Gasteiger partial charge is 0.465 e. The standard InChI is InChI=1S/C6H8N4O3/c1-10-4(11)2-3(8-5(10)7)9-6(12)13/h2,9H,1H3,(H2,7,8)(H,12,13).